The van der Waals surface area contributed by atoms with Crippen LogP contribution in [0.5, 0.6) is 0 Å². The molecule has 1 aliphatic rings. The van der Waals surface area contributed by atoms with E-state index in [0.717, 1.165) is 19.3 Å². The molecule has 0 aliphatic carbocycles. The number of pyridine rings is 1. The Hall–Kier alpha value is -1.18. The lowest BCUT2D eigenvalue weighted by atomic mass is 10.1. The van der Waals surface area contributed by atoms with Gasteiger partial charge in [-0.3, -0.25) is 0 Å². The van der Waals surface area contributed by atoms with Crippen molar-refractivity contribution in [3.05, 3.63) is 18.3 Å². The van der Waals surface area contributed by atoms with Gasteiger partial charge in [-0.25, -0.2) is 13.4 Å². The molecule has 1 aromatic heterocycles. The van der Waals surface area contributed by atoms with Crippen LogP contribution < -0.4 is 5.32 Å². The second-order valence-electron chi connectivity index (χ2n) is 5.14. The fourth-order valence-electron chi connectivity index (χ4n) is 2.37. The average Bonchev–Trinajstić information content (AvgIpc) is 2.53. The van der Waals surface area contributed by atoms with E-state index in [9.17, 15) is 8.42 Å². The summed E-state index contributed by atoms with van der Waals surface area (Å²) in [5.74, 6) is 0.429. The molecule has 0 spiro atoms. The molecule has 0 radical (unpaired) electrons. The SMILES string of the molecule is CCCNc1ncccc1S(=O)(=O)N(C)C1CCOCC1. The van der Waals surface area contributed by atoms with Crippen LogP contribution >= 0.6 is 0 Å². The summed E-state index contributed by atoms with van der Waals surface area (Å²) in [7, 11) is -1.91. The molecule has 0 atom stereocenters. The van der Waals surface area contributed by atoms with E-state index in [2.05, 4.69) is 10.3 Å². The van der Waals surface area contributed by atoms with Gasteiger partial charge in [-0.05, 0) is 31.4 Å². The second kappa shape index (κ2) is 7.20. The van der Waals surface area contributed by atoms with Gasteiger partial charge in [0.25, 0.3) is 0 Å². The van der Waals surface area contributed by atoms with E-state index in [1.54, 1.807) is 25.4 Å². The van der Waals surface area contributed by atoms with Gasteiger partial charge in [0.2, 0.25) is 10.0 Å². The average molecular weight is 313 g/mol. The van der Waals surface area contributed by atoms with Gasteiger partial charge in [-0.15, -0.1) is 0 Å². The molecule has 1 aliphatic heterocycles. The number of sulfonamides is 1. The summed E-state index contributed by atoms with van der Waals surface area (Å²) in [4.78, 5) is 4.41. The quantitative estimate of drug-likeness (QED) is 0.865. The summed E-state index contributed by atoms with van der Waals surface area (Å²) in [6, 6.07) is 3.25. The molecule has 1 fully saturated rings. The lowest BCUT2D eigenvalue weighted by molar-refractivity contribution is 0.0632. The molecule has 0 aromatic carbocycles. The molecule has 2 heterocycles. The van der Waals surface area contributed by atoms with Crippen molar-refractivity contribution >= 4 is 15.8 Å². The highest BCUT2D eigenvalue weighted by molar-refractivity contribution is 7.89. The number of anilines is 1. The molecule has 1 saturated heterocycles. The van der Waals surface area contributed by atoms with Crippen molar-refractivity contribution in [2.75, 3.05) is 32.1 Å². The van der Waals surface area contributed by atoms with Gasteiger partial charge >= 0.3 is 0 Å². The Kier molecular flexibility index (Phi) is 5.55. The van der Waals surface area contributed by atoms with Crippen LogP contribution in [0, 0.1) is 0 Å². The minimum absolute atomic E-state index is 0.0111. The van der Waals surface area contributed by atoms with Crippen LogP contribution in [0.1, 0.15) is 26.2 Å². The maximum atomic E-state index is 12.8. The van der Waals surface area contributed by atoms with E-state index in [1.807, 2.05) is 6.92 Å². The molecule has 1 aromatic rings. The van der Waals surface area contributed by atoms with Gasteiger partial charge in [-0.2, -0.15) is 4.31 Å². The highest BCUT2D eigenvalue weighted by atomic mass is 32.2. The van der Waals surface area contributed by atoms with E-state index < -0.39 is 10.0 Å². The van der Waals surface area contributed by atoms with Gasteiger partial charge < -0.3 is 10.1 Å². The summed E-state index contributed by atoms with van der Waals surface area (Å²) in [5.41, 5.74) is 0. The first kappa shape index (κ1) is 16.2. The van der Waals surface area contributed by atoms with Gasteiger partial charge in [0.15, 0.2) is 0 Å². The maximum absolute atomic E-state index is 12.8. The van der Waals surface area contributed by atoms with E-state index in [4.69, 9.17) is 4.74 Å². The number of ether oxygens (including phenoxy) is 1. The number of aromatic nitrogens is 1. The molecule has 7 heteroatoms. The zero-order chi connectivity index (χ0) is 15.3. The Morgan fingerprint density at radius 3 is 2.81 bits per heavy atom. The molecular weight excluding hydrogens is 290 g/mol. The summed E-state index contributed by atoms with van der Waals surface area (Å²) in [6.45, 7) is 3.94. The van der Waals surface area contributed by atoms with Gasteiger partial charge in [0, 0.05) is 39.0 Å². The Balaban J connectivity index is 2.25. The van der Waals surface area contributed by atoms with Crippen molar-refractivity contribution in [1.29, 1.82) is 0 Å². The van der Waals surface area contributed by atoms with Crippen LogP contribution in [-0.4, -0.2) is 50.6 Å². The molecule has 21 heavy (non-hydrogen) atoms. The molecule has 1 N–H and O–H groups in total. The summed E-state index contributed by atoms with van der Waals surface area (Å²) < 4.78 is 32.4. The Bertz CT molecular complexity index is 556. The van der Waals surface area contributed by atoms with Crippen molar-refractivity contribution in [1.82, 2.24) is 9.29 Å². The second-order valence-corrected chi connectivity index (χ2v) is 7.11. The minimum Gasteiger partial charge on any atom is -0.381 e. The fourth-order valence-corrected chi connectivity index (χ4v) is 3.91. The molecule has 0 unspecified atom stereocenters. The number of nitrogens with zero attached hydrogens (tertiary/aromatic N) is 2. The monoisotopic (exact) mass is 313 g/mol. The number of hydrogen-bond donors (Lipinski definition) is 1. The lowest BCUT2D eigenvalue weighted by Gasteiger charge is -2.30. The van der Waals surface area contributed by atoms with Crippen molar-refractivity contribution in [3.8, 4) is 0 Å². The highest BCUT2D eigenvalue weighted by Crippen LogP contribution is 2.25. The Morgan fingerprint density at radius 1 is 1.43 bits per heavy atom. The summed E-state index contributed by atoms with van der Waals surface area (Å²) in [6.07, 6.45) is 3.97. The highest BCUT2D eigenvalue weighted by Gasteiger charge is 2.31. The standard InChI is InChI=1S/C14H23N3O3S/c1-3-8-15-14-13(5-4-9-16-14)21(18,19)17(2)12-6-10-20-11-7-12/h4-5,9,12H,3,6-8,10-11H2,1-2H3,(H,15,16). The van der Waals surface area contributed by atoms with Crippen molar-refractivity contribution in [2.45, 2.75) is 37.1 Å². The molecule has 0 saturated carbocycles. The zero-order valence-corrected chi connectivity index (χ0v) is 13.4. The summed E-state index contributed by atoms with van der Waals surface area (Å²) in [5, 5.41) is 3.09. The lowest BCUT2D eigenvalue weighted by Crippen LogP contribution is -2.40. The normalized spacial score (nSPS) is 17.1. The number of rotatable bonds is 6. The molecule has 118 valence electrons. The first-order valence-electron chi connectivity index (χ1n) is 7.32. The topological polar surface area (TPSA) is 71.5 Å². The minimum atomic E-state index is -3.55. The third-order valence-corrected chi connectivity index (χ3v) is 5.62. The van der Waals surface area contributed by atoms with Gasteiger partial charge in [0.1, 0.15) is 10.7 Å². The van der Waals surface area contributed by atoms with Gasteiger partial charge in [0.05, 0.1) is 0 Å². The summed E-state index contributed by atoms with van der Waals surface area (Å²) >= 11 is 0. The molecular formula is C14H23N3O3S. The van der Waals surface area contributed by atoms with Crippen LogP contribution in [0.15, 0.2) is 23.2 Å². The maximum Gasteiger partial charge on any atom is 0.246 e. The van der Waals surface area contributed by atoms with E-state index >= 15 is 0 Å². The van der Waals surface area contributed by atoms with Crippen molar-refractivity contribution < 1.29 is 13.2 Å². The smallest absolute Gasteiger partial charge is 0.246 e. The van der Waals surface area contributed by atoms with Crippen LogP contribution in [0.2, 0.25) is 0 Å². The first-order valence-corrected chi connectivity index (χ1v) is 8.76. The largest absolute Gasteiger partial charge is 0.381 e. The third-order valence-electron chi connectivity index (χ3n) is 3.68. The molecule has 0 amide bonds. The van der Waals surface area contributed by atoms with E-state index in [-0.39, 0.29) is 10.9 Å². The van der Waals surface area contributed by atoms with E-state index in [1.165, 1.54) is 4.31 Å². The van der Waals surface area contributed by atoms with E-state index in [0.29, 0.717) is 25.6 Å². The Morgan fingerprint density at radius 2 is 2.14 bits per heavy atom. The number of nitrogens with one attached hydrogen (secondary N) is 1. The molecule has 6 nitrogen and oxygen atoms in total. The van der Waals surface area contributed by atoms with Crippen LogP contribution in [0.3, 0.4) is 0 Å². The van der Waals surface area contributed by atoms with Crippen LogP contribution in [0.4, 0.5) is 5.82 Å². The Labute approximate surface area is 126 Å². The molecule has 2 rings (SSSR count). The van der Waals surface area contributed by atoms with Crippen LogP contribution in [0.25, 0.3) is 0 Å². The predicted molar refractivity (Wildman–Crippen MR) is 81.8 cm³/mol. The third kappa shape index (κ3) is 3.72. The number of hydrogen-bond acceptors (Lipinski definition) is 5. The first-order chi connectivity index (χ1) is 10.1. The van der Waals surface area contributed by atoms with Gasteiger partial charge in [-0.1, -0.05) is 6.92 Å². The van der Waals surface area contributed by atoms with Crippen molar-refractivity contribution in [2.24, 2.45) is 0 Å². The predicted octanol–water partition coefficient (Wildman–Crippen LogP) is 1.70. The van der Waals surface area contributed by atoms with Crippen LogP contribution in [-0.2, 0) is 14.8 Å². The van der Waals surface area contributed by atoms with Crippen molar-refractivity contribution in [3.63, 3.8) is 0 Å². The zero-order valence-electron chi connectivity index (χ0n) is 12.6. The fraction of sp³-hybridized carbons (Fsp3) is 0.643. The molecule has 0 bridgehead atoms.